The van der Waals surface area contributed by atoms with E-state index >= 15 is 0 Å². The molecular weight excluding hydrogens is 558 g/mol. The largest absolute Gasteiger partial charge is 0.467 e. The lowest BCUT2D eigenvalue weighted by Gasteiger charge is -2.24. The number of carbonyl (C=O) groups excluding carboxylic acids is 4. The van der Waals surface area contributed by atoms with Crippen molar-refractivity contribution in [3.8, 4) is 0 Å². The number of nitrogens with zero attached hydrogens (tertiary/aromatic N) is 1. The number of benzene rings is 2. The molecule has 0 spiro atoms. The van der Waals surface area contributed by atoms with E-state index in [0.29, 0.717) is 32.2 Å². The number of methoxy groups -OCH3 is 1. The number of carbonyl (C=O) groups is 4. The molecule has 11 heteroatoms. The Bertz CT molecular complexity index is 1480. The summed E-state index contributed by atoms with van der Waals surface area (Å²) in [5, 5.41) is 10.5. The summed E-state index contributed by atoms with van der Waals surface area (Å²) >= 11 is 0. The summed E-state index contributed by atoms with van der Waals surface area (Å²) in [6.45, 7) is 1.80. The number of rotatable bonds is 6. The van der Waals surface area contributed by atoms with Gasteiger partial charge in [0.25, 0.3) is 0 Å². The zero-order valence-corrected chi connectivity index (χ0v) is 25.1. The van der Waals surface area contributed by atoms with Crippen LogP contribution in [0.3, 0.4) is 0 Å². The maximum absolute atomic E-state index is 13.5. The number of hydrogen-bond donors (Lipinski definition) is 4. The third-order valence-corrected chi connectivity index (χ3v) is 7.54. The summed E-state index contributed by atoms with van der Waals surface area (Å²) in [6, 6.07) is 9.63. The minimum Gasteiger partial charge on any atom is -0.467 e. The summed E-state index contributed by atoms with van der Waals surface area (Å²) in [5.74, 6) is -1.91. The third-order valence-electron chi connectivity index (χ3n) is 7.54. The first kappa shape index (κ1) is 32.6. The number of hydrogen-bond acceptors (Lipinski definition) is 6. The fourth-order valence-corrected chi connectivity index (χ4v) is 5.37. The van der Waals surface area contributed by atoms with Crippen LogP contribution in [-0.4, -0.2) is 60.0 Å². The number of fused-ring (bicyclic) bond motifs is 2. The molecule has 1 aliphatic rings. The number of aryl methyl sites for hydroxylation is 1. The highest BCUT2D eigenvalue weighted by Crippen LogP contribution is 2.30. The third kappa shape index (κ3) is 7.68. The average molecular weight is 598 g/mol. The highest BCUT2D eigenvalue weighted by Gasteiger charge is 2.29. The quantitative estimate of drug-likeness (QED) is 0.195. The lowest BCUT2D eigenvalue weighted by Crippen LogP contribution is -2.56. The second-order valence-corrected chi connectivity index (χ2v) is 10.6. The Balaban J connectivity index is 0.00000484. The van der Waals surface area contributed by atoms with Crippen LogP contribution >= 0.6 is 12.4 Å². The highest BCUT2D eigenvalue weighted by molar-refractivity contribution is 6.08. The minimum absolute atomic E-state index is 0. The first-order chi connectivity index (χ1) is 19.7. The van der Waals surface area contributed by atoms with Crippen molar-refractivity contribution in [2.24, 2.45) is 12.8 Å². The van der Waals surface area contributed by atoms with Gasteiger partial charge in [-0.15, -0.1) is 12.4 Å². The molecule has 10 nitrogen and oxygen atoms in total. The zero-order chi connectivity index (χ0) is 29.5. The minimum atomic E-state index is -0.920. The SMILES string of the molecule is COC(=O)[C@@H]1CC=CCc2ccc3c(c2)c2cc(ccc2n3C)CC(NC(C)=O)C(=O)N[C@@H](CCCCN)C(=O)N1.Cl. The number of amides is 3. The molecule has 1 unspecified atom stereocenters. The van der Waals surface area contributed by atoms with Crippen molar-refractivity contribution in [2.45, 2.75) is 63.6 Å². The first-order valence-electron chi connectivity index (χ1n) is 14.0. The van der Waals surface area contributed by atoms with Crippen LogP contribution in [0.15, 0.2) is 48.6 Å². The van der Waals surface area contributed by atoms with Crippen molar-refractivity contribution < 1.29 is 23.9 Å². The Hall–Kier alpha value is -3.89. The molecule has 0 aliphatic carbocycles. The molecule has 4 bridgehead atoms. The second-order valence-electron chi connectivity index (χ2n) is 10.6. The lowest BCUT2D eigenvalue weighted by molar-refractivity contribution is -0.145. The highest BCUT2D eigenvalue weighted by atomic mass is 35.5. The van der Waals surface area contributed by atoms with E-state index in [2.05, 4.69) is 44.8 Å². The van der Waals surface area contributed by atoms with Gasteiger partial charge in [0.05, 0.1) is 7.11 Å². The molecule has 0 fully saturated rings. The molecule has 1 aliphatic heterocycles. The summed E-state index contributed by atoms with van der Waals surface area (Å²) in [6.07, 6.45) is 6.54. The van der Waals surface area contributed by atoms with E-state index < -0.39 is 35.9 Å². The van der Waals surface area contributed by atoms with E-state index in [1.165, 1.54) is 14.0 Å². The van der Waals surface area contributed by atoms with Crippen molar-refractivity contribution in [2.75, 3.05) is 13.7 Å². The predicted molar refractivity (Wildman–Crippen MR) is 165 cm³/mol. The van der Waals surface area contributed by atoms with Crippen molar-refractivity contribution in [3.05, 3.63) is 59.7 Å². The zero-order valence-electron chi connectivity index (χ0n) is 24.3. The molecule has 4 rings (SSSR count). The van der Waals surface area contributed by atoms with E-state index in [1.807, 2.05) is 31.3 Å². The molecule has 3 atom stereocenters. The van der Waals surface area contributed by atoms with Gasteiger partial charge in [-0.3, -0.25) is 14.4 Å². The standard InChI is InChI=1S/C31H39N5O5.ClH/c1-19(37)33-26-18-21-12-14-28-23(17-21)22-16-20(11-13-27(22)36(28)2)8-4-5-10-25(31(40)41-3)35-29(38)24(34-30(26)39)9-6-7-15-32;/h4-5,11-14,16-17,24-26H,6-10,15,18,32H2,1-3H3,(H,33,37)(H,34,39)(H,35,38);1H/t24-,25-,26?;/m0./s1. The number of unbranched alkanes of at least 4 members (excludes halogenated alkanes) is 1. The van der Waals surface area contributed by atoms with Crippen molar-refractivity contribution >= 4 is 57.9 Å². The molecule has 5 N–H and O–H groups in total. The van der Waals surface area contributed by atoms with Crippen LogP contribution < -0.4 is 21.7 Å². The summed E-state index contributed by atoms with van der Waals surface area (Å²) in [4.78, 5) is 51.5. The van der Waals surface area contributed by atoms with Crippen LogP contribution in [0.5, 0.6) is 0 Å². The Morgan fingerprint density at radius 2 is 1.67 bits per heavy atom. The average Bonchev–Trinajstić information content (AvgIpc) is 3.23. The van der Waals surface area contributed by atoms with Gasteiger partial charge >= 0.3 is 5.97 Å². The van der Waals surface area contributed by atoms with Crippen LogP contribution in [-0.2, 0) is 43.8 Å². The molecule has 2 aromatic carbocycles. The van der Waals surface area contributed by atoms with Gasteiger partial charge in [-0.25, -0.2) is 4.79 Å². The molecule has 42 heavy (non-hydrogen) atoms. The molecule has 226 valence electrons. The number of nitrogens with two attached hydrogens (primary N) is 1. The van der Waals surface area contributed by atoms with Gasteiger partial charge in [0, 0.05) is 42.2 Å². The summed E-state index contributed by atoms with van der Waals surface area (Å²) in [5.41, 5.74) is 9.77. The first-order valence-corrected chi connectivity index (χ1v) is 14.0. The number of aromatic nitrogens is 1. The van der Waals surface area contributed by atoms with E-state index in [-0.39, 0.29) is 31.2 Å². The molecular formula is C31H40ClN5O5. The van der Waals surface area contributed by atoms with Crippen LogP contribution in [0.2, 0.25) is 0 Å². The van der Waals surface area contributed by atoms with Crippen LogP contribution in [0.25, 0.3) is 21.8 Å². The summed E-state index contributed by atoms with van der Waals surface area (Å²) < 4.78 is 7.07. The Kier molecular flexibility index (Phi) is 11.5. The van der Waals surface area contributed by atoms with Gasteiger partial charge in [0.1, 0.15) is 18.1 Å². The maximum Gasteiger partial charge on any atom is 0.328 e. The molecule has 3 aromatic rings. The van der Waals surface area contributed by atoms with Crippen LogP contribution in [0.1, 0.15) is 43.7 Å². The number of allylic oxidation sites excluding steroid dienone is 1. The normalized spacial score (nSPS) is 19.7. The Labute approximate surface area is 251 Å². The van der Waals surface area contributed by atoms with Crippen molar-refractivity contribution in [1.82, 2.24) is 20.5 Å². The van der Waals surface area contributed by atoms with E-state index in [9.17, 15) is 19.2 Å². The number of ether oxygens (including phenoxy) is 1. The molecule has 1 aromatic heterocycles. The van der Waals surface area contributed by atoms with E-state index in [0.717, 1.165) is 32.9 Å². The summed E-state index contributed by atoms with van der Waals surface area (Å²) in [7, 11) is 3.29. The second kappa shape index (κ2) is 14.8. The van der Waals surface area contributed by atoms with Gasteiger partial charge in [-0.2, -0.15) is 0 Å². The van der Waals surface area contributed by atoms with Crippen molar-refractivity contribution in [1.29, 1.82) is 0 Å². The molecule has 0 radical (unpaired) electrons. The van der Waals surface area contributed by atoms with Gasteiger partial charge in [0.15, 0.2) is 0 Å². The maximum atomic E-state index is 13.5. The smallest absolute Gasteiger partial charge is 0.328 e. The monoisotopic (exact) mass is 597 g/mol. The molecule has 0 saturated carbocycles. The fourth-order valence-electron chi connectivity index (χ4n) is 5.37. The molecule has 3 amide bonds. The topological polar surface area (TPSA) is 145 Å². The molecule has 2 heterocycles. The van der Waals surface area contributed by atoms with Gasteiger partial charge in [-0.05, 0) is 74.0 Å². The van der Waals surface area contributed by atoms with Gasteiger partial charge < -0.3 is 31.0 Å². The van der Waals surface area contributed by atoms with E-state index in [4.69, 9.17) is 10.5 Å². The Morgan fingerprint density at radius 3 is 2.31 bits per heavy atom. The number of nitrogens with one attached hydrogen (secondary N) is 3. The predicted octanol–water partition coefficient (Wildman–Crippen LogP) is 2.57. The lowest BCUT2D eigenvalue weighted by atomic mass is 10.00. The van der Waals surface area contributed by atoms with Crippen LogP contribution in [0, 0.1) is 0 Å². The van der Waals surface area contributed by atoms with E-state index in [1.54, 1.807) is 0 Å². The van der Waals surface area contributed by atoms with Crippen molar-refractivity contribution in [3.63, 3.8) is 0 Å². The number of halogens is 1. The molecule has 0 saturated heterocycles. The van der Waals surface area contributed by atoms with Gasteiger partial charge in [0.2, 0.25) is 17.7 Å². The Morgan fingerprint density at radius 1 is 1.00 bits per heavy atom. The van der Waals surface area contributed by atoms with Crippen LogP contribution in [0.4, 0.5) is 0 Å². The fraction of sp³-hybridized carbons (Fsp3) is 0.419. The van der Waals surface area contributed by atoms with Gasteiger partial charge in [-0.1, -0.05) is 24.3 Å². The number of esters is 1.